The van der Waals surface area contributed by atoms with Crippen LogP contribution in [0.3, 0.4) is 0 Å². The van der Waals surface area contributed by atoms with E-state index in [1.54, 1.807) is 12.1 Å². The van der Waals surface area contributed by atoms with E-state index in [4.69, 9.17) is 22.5 Å². The fourth-order valence-electron chi connectivity index (χ4n) is 7.01. The number of nitrogens with zero attached hydrogens (tertiary/aromatic N) is 4. The molecule has 0 bridgehead atoms. The molecule has 4 aromatic heterocycles. The Balaban J connectivity index is 1.10. The third-order valence-electron chi connectivity index (χ3n) is 9.24. The van der Waals surface area contributed by atoms with Gasteiger partial charge in [-0.25, -0.2) is 15.0 Å². The van der Waals surface area contributed by atoms with Crippen LogP contribution in [0.4, 0.5) is 0 Å². The average Bonchev–Trinajstić information content (AvgIpc) is 3.95. The van der Waals surface area contributed by atoms with E-state index in [0.29, 0.717) is 27.9 Å². The minimum Gasteiger partial charge on any atom is -0.456 e. The van der Waals surface area contributed by atoms with Gasteiger partial charge in [0.1, 0.15) is 22.3 Å². The van der Waals surface area contributed by atoms with E-state index in [2.05, 4.69) is 49.9 Å². The Labute approximate surface area is 304 Å². The molecule has 0 spiro atoms. The molecule has 11 aromatic rings. The number of rotatable bonds is 4. The molecular formula is C45H26N4O2. The van der Waals surface area contributed by atoms with E-state index in [1.807, 2.05) is 54.6 Å². The number of para-hydroxylation sites is 2. The summed E-state index contributed by atoms with van der Waals surface area (Å²) in [7, 11) is 0. The van der Waals surface area contributed by atoms with E-state index < -0.39 is 60.4 Å². The summed E-state index contributed by atoms with van der Waals surface area (Å²) in [4.78, 5) is 13.5. The summed E-state index contributed by atoms with van der Waals surface area (Å²) in [6.07, 6.45) is 0. The molecule has 0 saturated heterocycles. The molecule has 0 fully saturated rings. The highest BCUT2D eigenvalue weighted by Gasteiger charge is 2.19. The molecule has 0 aliphatic heterocycles. The van der Waals surface area contributed by atoms with E-state index in [1.165, 1.54) is 0 Å². The Hall–Kier alpha value is -7.05. The maximum Gasteiger partial charge on any atom is 0.164 e. The van der Waals surface area contributed by atoms with Crippen molar-refractivity contribution in [3.05, 3.63) is 157 Å². The Kier molecular flexibility index (Phi) is 4.17. The molecule has 0 N–H and O–H groups in total. The molecular weight excluding hydrogens is 629 g/mol. The predicted molar refractivity (Wildman–Crippen MR) is 205 cm³/mol. The van der Waals surface area contributed by atoms with Gasteiger partial charge in [0.15, 0.2) is 17.5 Å². The molecule has 0 saturated carbocycles. The van der Waals surface area contributed by atoms with E-state index in [-0.39, 0.29) is 28.6 Å². The van der Waals surface area contributed by atoms with Crippen LogP contribution in [-0.2, 0) is 0 Å². The largest absolute Gasteiger partial charge is 0.456 e. The maximum absolute atomic E-state index is 8.64. The van der Waals surface area contributed by atoms with Crippen molar-refractivity contribution in [2.75, 3.05) is 0 Å². The number of furan rings is 2. The first kappa shape index (κ1) is 19.8. The second-order valence-electron chi connectivity index (χ2n) is 12.1. The zero-order valence-corrected chi connectivity index (χ0v) is 26.3. The highest BCUT2D eigenvalue weighted by molar-refractivity contribution is 6.22. The van der Waals surface area contributed by atoms with Crippen molar-refractivity contribution in [2.24, 2.45) is 0 Å². The molecule has 4 heterocycles. The average molecular weight is 665 g/mol. The molecule has 51 heavy (non-hydrogen) atoms. The van der Waals surface area contributed by atoms with E-state index in [9.17, 15) is 0 Å². The van der Waals surface area contributed by atoms with Crippen molar-refractivity contribution >= 4 is 65.7 Å². The first-order chi connectivity index (χ1) is 29.4. The molecule has 0 radical (unpaired) electrons. The first-order valence-electron chi connectivity index (χ1n) is 21.1. The fourth-order valence-corrected chi connectivity index (χ4v) is 7.01. The van der Waals surface area contributed by atoms with Crippen LogP contribution >= 0.6 is 0 Å². The van der Waals surface area contributed by atoms with Gasteiger partial charge in [0, 0.05) is 55.4 Å². The molecule has 0 amide bonds. The van der Waals surface area contributed by atoms with Gasteiger partial charge in [0.25, 0.3) is 0 Å². The van der Waals surface area contributed by atoms with Gasteiger partial charge in [-0.05, 0) is 48.5 Å². The fraction of sp³-hybridized carbons (Fsp3) is 0. The number of fused-ring (bicyclic) bond motifs is 10. The molecule has 6 nitrogen and oxygen atoms in total. The van der Waals surface area contributed by atoms with Crippen LogP contribution in [0.15, 0.2) is 166 Å². The van der Waals surface area contributed by atoms with Crippen molar-refractivity contribution in [1.29, 1.82) is 0 Å². The molecule has 0 aliphatic carbocycles. The Morgan fingerprint density at radius 1 is 0.451 bits per heavy atom. The van der Waals surface area contributed by atoms with Crippen LogP contribution in [0.5, 0.6) is 0 Å². The molecule has 6 heteroatoms. The van der Waals surface area contributed by atoms with Crippen LogP contribution in [-0.4, -0.2) is 19.5 Å². The Bertz CT molecular complexity index is 3550. The highest BCUT2D eigenvalue weighted by Crippen LogP contribution is 2.41. The number of hydrogen-bond donors (Lipinski definition) is 0. The molecule has 238 valence electrons. The second-order valence-corrected chi connectivity index (χ2v) is 12.1. The summed E-state index contributed by atoms with van der Waals surface area (Å²) < 4.78 is 99.2. The lowest BCUT2D eigenvalue weighted by Gasteiger charge is -2.08. The van der Waals surface area contributed by atoms with Gasteiger partial charge in [-0.3, -0.25) is 0 Å². The summed E-state index contributed by atoms with van der Waals surface area (Å²) in [6.45, 7) is 0. The first-order valence-corrected chi connectivity index (χ1v) is 16.1. The van der Waals surface area contributed by atoms with Gasteiger partial charge in [0.05, 0.1) is 30.1 Å². The summed E-state index contributed by atoms with van der Waals surface area (Å²) >= 11 is 0. The zero-order valence-electron chi connectivity index (χ0n) is 36.3. The van der Waals surface area contributed by atoms with E-state index >= 15 is 0 Å². The second kappa shape index (κ2) is 10.7. The quantitative estimate of drug-likeness (QED) is 0.187. The molecule has 11 rings (SSSR count). The smallest absolute Gasteiger partial charge is 0.164 e. The van der Waals surface area contributed by atoms with Gasteiger partial charge < -0.3 is 13.4 Å². The van der Waals surface area contributed by atoms with Crippen molar-refractivity contribution < 1.29 is 22.5 Å². The monoisotopic (exact) mass is 664 g/mol. The normalized spacial score (nSPS) is 14.7. The SMILES string of the molecule is [2H]c1c([2H])c([2H])c(-c2nc(-c3ccc4c(c3)oc3c4ccc4oc5cc(-n6c7ccccc7c7ccccc76)ccc5c43)nc(-c3c([2H])c([2H])c([2H])c([2H])c3[2H])n2)c([2H])c1[2H]. The van der Waals surface area contributed by atoms with Crippen LogP contribution in [0.2, 0.25) is 0 Å². The predicted octanol–water partition coefficient (Wildman–Crippen LogP) is 11.8. The lowest BCUT2D eigenvalue weighted by Crippen LogP contribution is -2.00. The van der Waals surface area contributed by atoms with Crippen molar-refractivity contribution in [3.63, 3.8) is 0 Å². The topological polar surface area (TPSA) is 69.9 Å². The minimum atomic E-state index is -0.618. The Morgan fingerprint density at radius 3 is 1.69 bits per heavy atom. The lowest BCUT2D eigenvalue weighted by molar-refractivity contribution is 0.662. The van der Waals surface area contributed by atoms with Gasteiger partial charge >= 0.3 is 0 Å². The van der Waals surface area contributed by atoms with Crippen LogP contribution in [0, 0.1) is 0 Å². The third kappa shape index (κ3) is 4.26. The molecule has 0 aliphatic rings. The zero-order chi connectivity index (χ0) is 42.2. The minimum absolute atomic E-state index is 0.0579. The maximum atomic E-state index is 8.64. The summed E-state index contributed by atoms with van der Waals surface area (Å²) in [6, 6.07) is 25.8. The summed E-state index contributed by atoms with van der Waals surface area (Å²) in [5.74, 6) is -0.752. The van der Waals surface area contributed by atoms with Gasteiger partial charge in [0.2, 0.25) is 0 Å². The van der Waals surface area contributed by atoms with Crippen LogP contribution in [0.25, 0.3) is 106 Å². The molecule has 0 unspecified atom stereocenters. The van der Waals surface area contributed by atoms with E-state index in [0.717, 1.165) is 49.0 Å². The third-order valence-corrected chi connectivity index (χ3v) is 9.24. The lowest BCUT2D eigenvalue weighted by atomic mass is 10.1. The van der Waals surface area contributed by atoms with Crippen LogP contribution < -0.4 is 0 Å². The molecule has 0 atom stereocenters. The van der Waals surface area contributed by atoms with Gasteiger partial charge in [-0.15, -0.1) is 0 Å². The molecule has 7 aromatic carbocycles. The van der Waals surface area contributed by atoms with Crippen molar-refractivity contribution in [2.45, 2.75) is 0 Å². The summed E-state index contributed by atoms with van der Waals surface area (Å²) in [5, 5.41) is 5.53. The van der Waals surface area contributed by atoms with Crippen LogP contribution in [0.1, 0.15) is 13.7 Å². The Morgan fingerprint density at radius 2 is 1.02 bits per heavy atom. The summed E-state index contributed by atoms with van der Waals surface area (Å²) in [5.41, 5.74) is 5.11. The van der Waals surface area contributed by atoms with Crippen molar-refractivity contribution in [1.82, 2.24) is 19.5 Å². The number of hydrogen-bond acceptors (Lipinski definition) is 5. The van der Waals surface area contributed by atoms with Crippen molar-refractivity contribution in [3.8, 4) is 39.9 Å². The standard InChI is InChI=1S/C45H26N4O2/c1-3-11-27(12-4-1)43-46-44(28-13-5-2-6-14-28)48-45(47-43)29-19-21-33-34-23-24-38-41(42(34)51-39(33)25-29)35-22-20-30(26-40(35)50-38)49-36-17-9-7-15-31(36)32-16-8-10-18-37(32)49/h1-26H/i1D,2D,3D,4D,5D,6D,11D,12D,13D,14D. The number of benzene rings is 7. The highest BCUT2D eigenvalue weighted by atomic mass is 16.3. The van der Waals surface area contributed by atoms with Gasteiger partial charge in [-0.2, -0.15) is 0 Å². The van der Waals surface area contributed by atoms with Gasteiger partial charge in [-0.1, -0.05) is 103 Å². The number of aromatic nitrogens is 4.